The van der Waals surface area contributed by atoms with Crippen LogP contribution in [-0.4, -0.2) is 58.3 Å². The highest BCUT2D eigenvalue weighted by atomic mass is 32.2. The fourth-order valence-corrected chi connectivity index (χ4v) is 5.34. The van der Waals surface area contributed by atoms with E-state index in [1.165, 1.54) is 6.08 Å². The molecule has 3 saturated heterocycles. The van der Waals surface area contributed by atoms with Gasteiger partial charge in [-0.25, -0.2) is 4.79 Å². The summed E-state index contributed by atoms with van der Waals surface area (Å²) in [4.78, 5) is 24.1. The Bertz CT molecular complexity index is 739. The molecular formula is C22H31NO6S. The van der Waals surface area contributed by atoms with E-state index < -0.39 is 17.9 Å². The molecule has 4 heterocycles. The molecule has 0 aromatic rings. The Morgan fingerprint density at radius 2 is 2.03 bits per heavy atom. The summed E-state index contributed by atoms with van der Waals surface area (Å²) in [5.74, 6) is -1.14. The number of rotatable bonds is 1. The van der Waals surface area contributed by atoms with Crippen molar-refractivity contribution in [1.29, 1.82) is 0 Å². The van der Waals surface area contributed by atoms with Gasteiger partial charge in [-0.1, -0.05) is 36.4 Å². The minimum absolute atomic E-state index is 0.153. The Labute approximate surface area is 181 Å². The zero-order valence-corrected chi connectivity index (χ0v) is 18.4. The highest BCUT2D eigenvalue weighted by Gasteiger charge is 2.49. The molecule has 7 nitrogen and oxygen atoms in total. The Morgan fingerprint density at radius 1 is 1.20 bits per heavy atom. The Kier molecular flexibility index (Phi) is 6.58. The average Bonchev–Trinajstić information content (AvgIpc) is 3.29. The molecule has 1 amide bonds. The summed E-state index contributed by atoms with van der Waals surface area (Å²) in [5, 5.41) is 13.9. The van der Waals surface area contributed by atoms with Gasteiger partial charge in [-0.15, -0.1) is 0 Å². The number of amides is 1. The Balaban J connectivity index is 1.50. The van der Waals surface area contributed by atoms with Gasteiger partial charge in [0.15, 0.2) is 5.79 Å². The molecule has 0 aromatic carbocycles. The summed E-state index contributed by atoms with van der Waals surface area (Å²) in [5.41, 5.74) is 0.956. The number of nitrogens with one attached hydrogen (secondary N) is 1. The van der Waals surface area contributed by atoms with Crippen LogP contribution in [0.4, 0.5) is 4.79 Å². The molecule has 4 rings (SSSR count). The average molecular weight is 438 g/mol. The first-order chi connectivity index (χ1) is 14.3. The summed E-state index contributed by atoms with van der Waals surface area (Å²) < 4.78 is 17.5. The Hall–Kier alpha value is -1.35. The quantitative estimate of drug-likeness (QED) is 0.370. The molecule has 4 aliphatic heterocycles. The second-order valence-corrected chi connectivity index (χ2v) is 9.98. The minimum atomic E-state index is -1.54. The zero-order valence-electron chi connectivity index (χ0n) is 17.5. The van der Waals surface area contributed by atoms with Crippen LogP contribution in [0.25, 0.3) is 0 Å². The molecular weight excluding hydrogens is 406 g/mol. The highest BCUT2D eigenvalue weighted by molar-refractivity contribution is 8.14. The van der Waals surface area contributed by atoms with Crippen LogP contribution in [0.1, 0.15) is 52.4 Å². The van der Waals surface area contributed by atoms with Crippen LogP contribution in [0.15, 0.2) is 23.8 Å². The lowest BCUT2D eigenvalue weighted by Gasteiger charge is -2.43. The predicted octanol–water partition coefficient (Wildman–Crippen LogP) is 3.07. The molecule has 30 heavy (non-hydrogen) atoms. The maximum atomic E-state index is 12.5. The van der Waals surface area contributed by atoms with Crippen molar-refractivity contribution in [1.82, 2.24) is 5.32 Å². The summed E-state index contributed by atoms with van der Waals surface area (Å²) in [6.07, 6.45) is 9.56. The molecule has 0 aromatic heterocycles. The first-order valence-corrected chi connectivity index (χ1v) is 11.8. The van der Waals surface area contributed by atoms with Crippen LogP contribution >= 0.6 is 11.8 Å². The van der Waals surface area contributed by atoms with E-state index in [9.17, 15) is 14.7 Å². The van der Waals surface area contributed by atoms with Crippen LogP contribution in [0.3, 0.4) is 0 Å². The third kappa shape index (κ3) is 5.46. The molecule has 1 unspecified atom stereocenters. The van der Waals surface area contributed by atoms with Gasteiger partial charge in [-0.05, 0) is 38.5 Å². The van der Waals surface area contributed by atoms with Crippen LogP contribution < -0.4 is 5.32 Å². The van der Waals surface area contributed by atoms with Crippen molar-refractivity contribution < 1.29 is 28.9 Å². The third-order valence-corrected chi connectivity index (χ3v) is 7.18. The standard InChI is InChI=1S/C22H31NO6S/c1-13-3-6-15-10-16(11-22(26,29-15)19-12-30-21(25)23-19)27-20(24)9-14(2)5-8-18-17(28-18)7-4-13/h4,7,9,13,15-19,26H,3,5-6,8,10-12H2,1-2H3,(H,23,25)/b7-4-,14-9-/t13?,15-,16-,17+,18+,19-,22+/m1/s1. The monoisotopic (exact) mass is 437 g/mol. The predicted molar refractivity (Wildman–Crippen MR) is 113 cm³/mol. The number of carbonyl (C=O) groups is 2. The van der Waals surface area contributed by atoms with Gasteiger partial charge in [0.2, 0.25) is 0 Å². The highest BCUT2D eigenvalue weighted by Crippen LogP contribution is 2.37. The van der Waals surface area contributed by atoms with Gasteiger partial charge in [0.05, 0.1) is 18.2 Å². The first-order valence-electron chi connectivity index (χ1n) is 10.9. The van der Waals surface area contributed by atoms with Crippen LogP contribution in [0.5, 0.6) is 0 Å². The van der Waals surface area contributed by atoms with Crippen molar-refractivity contribution in [3.63, 3.8) is 0 Å². The van der Waals surface area contributed by atoms with Gasteiger partial charge in [-0.2, -0.15) is 0 Å². The van der Waals surface area contributed by atoms with Crippen molar-refractivity contribution in [2.24, 2.45) is 5.92 Å². The van der Waals surface area contributed by atoms with Gasteiger partial charge in [0.1, 0.15) is 12.2 Å². The molecule has 7 atom stereocenters. The summed E-state index contributed by atoms with van der Waals surface area (Å²) in [6.45, 7) is 4.08. The lowest BCUT2D eigenvalue weighted by atomic mass is 9.90. The van der Waals surface area contributed by atoms with E-state index >= 15 is 0 Å². The number of ether oxygens (including phenoxy) is 3. The fraction of sp³-hybridized carbons (Fsp3) is 0.727. The third-order valence-electron chi connectivity index (χ3n) is 6.30. The second-order valence-electron chi connectivity index (χ2n) is 8.99. The molecule has 8 heteroatoms. The zero-order chi connectivity index (χ0) is 21.3. The van der Waals surface area contributed by atoms with Gasteiger partial charge in [0.25, 0.3) is 5.24 Å². The second kappa shape index (κ2) is 9.02. The maximum Gasteiger partial charge on any atom is 0.330 e. The van der Waals surface area contributed by atoms with Crippen molar-refractivity contribution in [2.45, 2.75) is 88.6 Å². The SMILES string of the molecule is C/C1=C/C(=O)O[C@@H]2C[C@@H](CCC(C)/C=C\[C@@H]3O[C@H]3CC1)O[C@](O)([C@H]1CSC(=O)N1)C2. The lowest BCUT2D eigenvalue weighted by molar-refractivity contribution is -0.283. The molecule has 0 saturated carbocycles. The van der Waals surface area contributed by atoms with E-state index in [-0.39, 0.29) is 35.9 Å². The number of epoxide rings is 1. The van der Waals surface area contributed by atoms with Crippen LogP contribution in [0.2, 0.25) is 0 Å². The van der Waals surface area contributed by atoms with E-state index in [1.807, 2.05) is 6.92 Å². The molecule has 3 fully saturated rings. The number of fused-ring (bicyclic) bond motifs is 3. The number of allylic oxidation sites excluding steroid dienone is 2. The van der Waals surface area contributed by atoms with Gasteiger partial charge in [-0.3, -0.25) is 4.79 Å². The van der Waals surface area contributed by atoms with Crippen LogP contribution in [0, 0.1) is 5.92 Å². The lowest BCUT2D eigenvalue weighted by Crippen LogP contribution is -2.58. The number of thioether (sulfide) groups is 1. The van der Waals surface area contributed by atoms with E-state index in [0.29, 0.717) is 18.1 Å². The van der Waals surface area contributed by atoms with Crippen LogP contribution in [-0.2, 0) is 19.0 Å². The van der Waals surface area contributed by atoms with Crippen molar-refractivity contribution >= 4 is 23.0 Å². The molecule has 4 aliphatic rings. The maximum absolute atomic E-state index is 12.5. The first kappa shape index (κ1) is 21.9. The van der Waals surface area contributed by atoms with E-state index in [1.54, 1.807) is 0 Å². The number of hydrogen-bond acceptors (Lipinski definition) is 7. The molecule has 0 spiro atoms. The number of carbonyl (C=O) groups excluding carboxylic acids is 2. The molecule has 166 valence electrons. The van der Waals surface area contributed by atoms with E-state index in [0.717, 1.165) is 43.0 Å². The van der Waals surface area contributed by atoms with Gasteiger partial charge >= 0.3 is 5.97 Å². The largest absolute Gasteiger partial charge is 0.459 e. The topological polar surface area (TPSA) is 97.4 Å². The summed E-state index contributed by atoms with van der Waals surface area (Å²) >= 11 is 1.13. The summed E-state index contributed by atoms with van der Waals surface area (Å²) in [7, 11) is 0. The number of hydrogen-bond donors (Lipinski definition) is 2. The van der Waals surface area contributed by atoms with Crippen molar-refractivity contribution in [2.75, 3.05) is 5.75 Å². The van der Waals surface area contributed by atoms with E-state index in [4.69, 9.17) is 14.2 Å². The van der Waals surface area contributed by atoms with Gasteiger partial charge < -0.3 is 24.6 Å². The minimum Gasteiger partial charge on any atom is -0.459 e. The van der Waals surface area contributed by atoms with Gasteiger partial charge in [0, 0.05) is 24.7 Å². The Morgan fingerprint density at radius 3 is 2.80 bits per heavy atom. The van der Waals surface area contributed by atoms with Crippen molar-refractivity contribution in [3.8, 4) is 0 Å². The normalized spacial score (nSPS) is 45.5. The smallest absolute Gasteiger partial charge is 0.330 e. The fourth-order valence-electron chi connectivity index (χ4n) is 4.45. The van der Waals surface area contributed by atoms with Crippen molar-refractivity contribution in [3.05, 3.63) is 23.8 Å². The van der Waals surface area contributed by atoms with E-state index in [2.05, 4.69) is 24.4 Å². The molecule has 0 radical (unpaired) electrons. The molecule has 2 bridgehead atoms. The molecule has 0 aliphatic carbocycles. The number of aliphatic hydroxyl groups is 1. The molecule has 2 N–H and O–H groups in total. The number of esters is 1. The summed E-state index contributed by atoms with van der Waals surface area (Å²) in [6, 6.07) is -0.511.